The highest BCUT2D eigenvalue weighted by molar-refractivity contribution is 6.32. The highest BCUT2D eigenvalue weighted by atomic mass is 35.5. The Labute approximate surface area is 158 Å². The summed E-state index contributed by atoms with van der Waals surface area (Å²) in [5, 5.41) is 0.536. The topological polar surface area (TPSA) is 39.0 Å². The fourth-order valence-electron chi connectivity index (χ4n) is 3.51. The minimum atomic E-state index is 0.536. The van der Waals surface area contributed by atoms with Gasteiger partial charge in [0.15, 0.2) is 0 Å². The molecule has 3 heterocycles. The molecule has 0 bridgehead atoms. The molecule has 0 amide bonds. The summed E-state index contributed by atoms with van der Waals surface area (Å²) in [4.78, 5) is 7.18. The molecule has 0 radical (unpaired) electrons. The van der Waals surface area contributed by atoms with Crippen molar-refractivity contribution in [2.75, 3.05) is 32.2 Å². The molecule has 0 N–H and O–H groups in total. The molecule has 0 spiro atoms. The van der Waals surface area contributed by atoms with E-state index in [9.17, 15) is 0 Å². The number of halogens is 1. The number of hydrogen-bond donors (Lipinski definition) is 0. The van der Waals surface area contributed by atoms with Gasteiger partial charge in [0.05, 0.1) is 30.6 Å². The molecule has 6 heteroatoms. The van der Waals surface area contributed by atoms with Gasteiger partial charge in [-0.05, 0) is 37.5 Å². The Morgan fingerprint density at radius 2 is 1.73 bits per heavy atom. The normalized spacial score (nSPS) is 14.7. The Balaban J connectivity index is 1.74. The van der Waals surface area contributed by atoms with Crippen molar-refractivity contribution in [3.63, 3.8) is 0 Å². The molecule has 136 valence electrons. The molecule has 2 aromatic heterocycles. The number of aromatic nitrogens is 2. The van der Waals surface area contributed by atoms with Crippen LogP contribution in [0.2, 0.25) is 5.02 Å². The second-order valence-corrected chi connectivity index (χ2v) is 6.92. The maximum atomic E-state index is 6.31. The van der Waals surface area contributed by atoms with Crippen LogP contribution in [0.1, 0.15) is 19.3 Å². The number of methoxy groups -OCH3 is 2. The molecule has 3 aromatic rings. The number of rotatable bonds is 4. The van der Waals surface area contributed by atoms with Gasteiger partial charge in [-0.2, -0.15) is 0 Å². The van der Waals surface area contributed by atoms with E-state index in [1.54, 1.807) is 20.3 Å². The maximum absolute atomic E-state index is 6.31. The van der Waals surface area contributed by atoms with Gasteiger partial charge in [0, 0.05) is 37.1 Å². The minimum Gasteiger partial charge on any atom is -0.496 e. The van der Waals surface area contributed by atoms with E-state index >= 15 is 0 Å². The van der Waals surface area contributed by atoms with E-state index in [1.807, 2.05) is 12.3 Å². The van der Waals surface area contributed by atoms with Crippen LogP contribution in [0.4, 0.5) is 5.69 Å². The number of benzene rings is 1. The number of hydrogen-bond acceptors (Lipinski definition) is 4. The minimum absolute atomic E-state index is 0.536. The summed E-state index contributed by atoms with van der Waals surface area (Å²) in [6.45, 7) is 2.24. The first-order valence-corrected chi connectivity index (χ1v) is 9.23. The van der Waals surface area contributed by atoms with E-state index in [0.717, 1.165) is 30.0 Å². The smallest absolute Gasteiger partial charge is 0.141 e. The van der Waals surface area contributed by atoms with Crippen LogP contribution in [-0.2, 0) is 0 Å². The number of imidazole rings is 1. The van der Waals surface area contributed by atoms with Crippen LogP contribution in [0.15, 0.2) is 36.7 Å². The van der Waals surface area contributed by atoms with E-state index in [0.29, 0.717) is 16.5 Å². The SMILES string of the molecule is COc1cc(OC)c(-c2cn3cc(N4CCCCC4)ccc3n2)cc1Cl. The summed E-state index contributed by atoms with van der Waals surface area (Å²) in [6, 6.07) is 7.84. The van der Waals surface area contributed by atoms with Crippen molar-refractivity contribution in [2.24, 2.45) is 0 Å². The second-order valence-electron chi connectivity index (χ2n) is 6.51. The molecule has 1 aliphatic heterocycles. The van der Waals surface area contributed by atoms with Crippen LogP contribution in [0.5, 0.6) is 11.5 Å². The van der Waals surface area contributed by atoms with Gasteiger partial charge < -0.3 is 18.8 Å². The lowest BCUT2D eigenvalue weighted by atomic mass is 10.1. The van der Waals surface area contributed by atoms with E-state index in [-0.39, 0.29) is 0 Å². The lowest BCUT2D eigenvalue weighted by Crippen LogP contribution is -2.29. The van der Waals surface area contributed by atoms with Crippen molar-refractivity contribution in [1.82, 2.24) is 9.38 Å². The average molecular weight is 372 g/mol. The van der Waals surface area contributed by atoms with Crippen LogP contribution in [-0.4, -0.2) is 36.7 Å². The van der Waals surface area contributed by atoms with Crippen LogP contribution in [0.3, 0.4) is 0 Å². The molecule has 1 aliphatic rings. The number of anilines is 1. The second kappa shape index (κ2) is 7.08. The summed E-state index contributed by atoms with van der Waals surface area (Å²) in [7, 11) is 3.23. The van der Waals surface area contributed by atoms with Crippen molar-refractivity contribution >= 4 is 22.9 Å². The maximum Gasteiger partial charge on any atom is 0.141 e. The van der Waals surface area contributed by atoms with E-state index < -0.39 is 0 Å². The summed E-state index contributed by atoms with van der Waals surface area (Å²) < 4.78 is 12.9. The predicted octanol–water partition coefficient (Wildman–Crippen LogP) is 4.66. The Morgan fingerprint density at radius 1 is 0.962 bits per heavy atom. The zero-order chi connectivity index (χ0) is 18.1. The molecule has 1 aromatic carbocycles. The van der Waals surface area contributed by atoms with Crippen molar-refractivity contribution < 1.29 is 9.47 Å². The monoisotopic (exact) mass is 371 g/mol. The summed E-state index contributed by atoms with van der Waals surface area (Å²) in [6.07, 6.45) is 8.01. The fourth-order valence-corrected chi connectivity index (χ4v) is 3.75. The summed E-state index contributed by atoms with van der Waals surface area (Å²) in [5.74, 6) is 1.27. The Hall–Kier alpha value is -2.40. The first-order valence-electron chi connectivity index (χ1n) is 8.85. The Kier molecular flexibility index (Phi) is 4.64. The molecule has 4 rings (SSSR count). The van der Waals surface area contributed by atoms with Gasteiger partial charge in [-0.3, -0.25) is 0 Å². The average Bonchev–Trinajstić information content (AvgIpc) is 3.11. The van der Waals surface area contributed by atoms with Crippen molar-refractivity contribution in [3.05, 3.63) is 41.7 Å². The first kappa shape index (κ1) is 17.0. The van der Waals surface area contributed by atoms with Crippen molar-refractivity contribution in [2.45, 2.75) is 19.3 Å². The zero-order valence-electron chi connectivity index (χ0n) is 15.0. The Bertz CT molecular complexity index is 932. The van der Waals surface area contributed by atoms with Crippen LogP contribution in [0, 0.1) is 0 Å². The lowest BCUT2D eigenvalue weighted by Gasteiger charge is -2.28. The van der Waals surface area contributed by atoms with Gasteiger partial charge >= 0.3 is 0 Å². The largest absolute Gasteiger partial charge is 0.496 e. The van der Waals surface area contributed by atoms with Crippen LogP contribution < -0.4 is 14.4 Å². The van der Waals surface area contributed by atoms with Gasteiger partial charge in [0.1, 0.15) is 17.1 Å². The van der Waals surface area contributed by atoms with Gasteiger partial charge in [-0.15, -0.1) is 0 Å². The highest BCUT2D eigenvalue weighted by Crippen LogP contribution is 2.38. The molecular formula is C20H22ClN3O2. The molecule has 5 nitrogen and oxygen atoms in total. The molecule has 0 unspecified atom stereocenters. The molecule has 0 atom stereocenters. The molecule has 1 fully saturated rings. The fraction of sp³-hybridized carbons (Fsp3) is 0.350. The van der Waals surface area contributed by atoms with Gasteiger partial charge in [0.2, 0.25) is 0 Å². The third-order valence-electron chi connectivity index (χ3n) is 4.91. The van der Waals surface area contributed by atoms with Crippen LogP contribution in [0.25, 0.3) is 16.9 Å². The predicted molar refractivity (Wildman–Crippen MR) is 105 cm³/mol. The Morgan fingerprint density at radius 3 is 2.46 bits per heavy atom. The van der Waals surface area contributed by atoms with Gasteiger partial charge in [-0.25, -0.2) is 4.98 Å². The first-order chi connectivity index (χ1) is 12.7. The van der Waals surface area contributed by atoms with E-state index in [1.165, 1.54) is 24.9 Å². The number of ether oxygens (including phenoxy) is 2. The number of pyridine rings is 1. The molecule has 26 heavy (non-hydrogen) atoms. The van der Waals surface area contributed by atoms with E-state index in [2.05, 4.69) is 27.6 Å². The van der Waals surface area contributed by atoms with E-state index in [4.69, 9.17) is 26.1 Å². The molecule has 1 saturated heterocycles. The molecule has 0 aliphatic carbocycles. The van der Waals surface area contributed by atoms with Crippen molar-refractivity contribution in [1.29, 1.82) is 0 Å². The summed E-state index contributed by atoms with van der Waals surface area (Å²) >= 11 is 6.31. The number of piperidine rings is 1. The third-order valence-corrected chi connectivity index (χ3v) is 5.20. The lowest BCUT2D eigenvalue weighted by molar-refractivity contribution is 0.395. The number of nitrogens with zero attached hydrogens (tertiary/aromatic N) is 3. The highest BCUT2D eigenvalue weighted by Gasteiger charge is 2.16. The molecular weight excluding hydrogens is 350 g/mol. The van der Waals surface area contributed by atoms with Gasteiger partial charge in [0.25, 0.3) is 0 Å². The summed E-state index contributed by atoms with van der Waals surface area (Å²) in [5.41, 5.74) is 3.80. The standard InChI is InChI=1S/C20H22ClN3O2/c1-25-18-11-19(26-2)16(21)10-15(18)17-13-24-12-14(6-7-20(24)22-17)23-8-4-3-5-9-23/h6-7,10-13H,3-5,8-9H2,1-2H3. The van der Waals surface area contributed by atoms with Crippen LogP contribution >= 0.6 is 11.6 Å². The van der Waals surface area contributed by atoms with Gasteiger partial charge in [-0.1, -0.05) is 11.6 Å². The quantitative estimate of drug-likeness (QED) is 0.668. The number of fused-ring (bicyclic) bond motifs is 1. The molecule has 0 saturated carbocycles. The zero-order valence-corrected chi connectivity index (χ0v) is 15.8. The third kappa shape index (κ3) is 3.07. The van der Waals surface area contributed by atoms with Crippen molar-refractivity contribution in [3.8, 4) is 22.8 Å².